The Labute approximate surface area is 149 Å². The molecule has 0 spiro atoms. The number of rotatable bonds is 6. The van der Waals surface area contributed by atoms with Crippen LogP contribution in [-0.2, 0) is 6.54 Å². The number of halogens is 1. The highest BCUT2D eigenvalue weighted by Gasteiger charge is 2.20. The predicted molar refractivity (Wildman–Crippen MR) is 98.2 cm³/mol. The van der Waals surface area contributed by atoms with Gasteiger partial charge in [0, 0.05) is 32.7 Å². The van der Waals surface area contributed by atoms with Crippen LogP contribution in [0.1, 0.15) is 32.3 Å². The average molecular weight is 349 g/mol. The van der Waals surface area contributed by atoms with Gasteiger partial charge in [0.05, 0.1) is 11.8 Å². The van der Waals surface area contributed by atoms with Crippen molar-refractivity contribution in [3.8, 4) is 0 Å². The number of nitrogens with one attached hydrogen (secondary N) is 1. The number of aliphatic hydroxyl groups excluding tert-OH is 1. The summed E-state index contributed by atoms with van der Waals surface area (Å²) in [4.78, 5) is 15.8. The minimum Gasteiger partial charge on any atom is -0.393 e. The van der Waals surface area contributed by atoms with E-state index >= 15 is 0 Å². The van der Waals surface area contributed by atoms with Crippen molar-refractivity contribution in [2.45, 2.75) is 39.3 Å². The van der Waals surface area contributed by atoms with Crippen molar-refractivity contribution in [2.24, 2.45) is 0 Å². The van der Waals surface area contributed by atoms with Crippen molar-refractivity contribution in [1.82, 2.24) is 10.2 Å². The van der Waals surface area contributed by atoms with E-state index in [2.05, 4.69) is 11.9 Å². The number of hydrogen-bond acceptors (Lipinski definition) is 3. The molecule has 0 aliphatic carbocycles. The van der Waals surface area contributed by atoms with Crippen LogP contribution in [0.2, 0.25) is 0 Å². The van der Waals surface area contributed by atoms with E-state index in [1.807, 2.05) is 24.8 Å². The Balaban J connectivity index is 1.94. The van der Waals surface area contributed by atoms with Gasteiger partial charge in [0.15, 0.2) is 0 Å². The summed E-state index contributed by atoms with van der Waals surface area (Å²) in [5.74, 6) is -0.294. The summed E-state index contributed by atoms with van der Waals surface area (Å²) in [5.41, 5.74) is 2.19. The Morgan fingerprint density at radius 3 is 2.68 bits per heavy atom. The molecule has 0 radical (unpaired) electrons. The lowest BCUT2D eigenvalue weighted by Crippen LogP contribution is -2.40. The molecule has 0 aromatic heterocycles. The fourth-order valence-corrected chi connectivity index (χ4v) is 2.97. The molecule has 138 valence electrons. The molecule has 0 saturated carbocycles. The Morgan fingerprint density at radius 2 is 2.12 bits per heavy atom. The molecule has 1 aromatic carbocycles. The standard InChI is InChI=1S/C19H28FN3O2/c1-4-22(13-14(2)3)19(25)21-12-15-5-6-18(17(20)11-15)23-9-7-16(24)8-10-23/h5-6,11,16,24H,2,4,7-10,12-13H2,1,3H3,(H,21,25). The molecule has 1 fully saturated rings. The summed E-state index contributed by atoms with van der Waals surface area (Å²) >= 11 is 0. The fraction of sp³-hybridized carbons (Fsp3) is 0.526. The van der Waals surface area contributed by atoms with Crippen LogP contribution < -0.4 is 10.2 Å². The van der Waals surface area contributed by atoms with Crippen molar-refractivity contribution in [1.29, 1.82) is 0 Å². The van der Waals surface area contributed by atoms with Gasteiger partial charge in [0.2, 0.25) is 0 Å². The van der Waals surface area contributed by atoms with Crippen LogP contribution in [0.4, 0.5) is 14.9 Å². The number of piperidine rings is 1. The highest BCUT2D eigenvalue weighted by atomic mass is 19.1. The van der Waals surface area contributed by atoms with Crippen molar-refractivity contribution in [2.75, 3.05) is 31.1 Å². The third-order valence-corrected chi connectivity index (χ3v) is 4.39. The zero-order valence-corrected chi connectivity index (χ0v) is 15.1. The van der Waals surface area contributed by atoms with E-state index in [0.29, 0.717) is 44.7 Å². The van der Waals surface area contributed by atoms with Crippen LogP contribution >= 0.6 is 0 Å². The normalized spacial score (nSPS) is 15.1. The first-order valence-electron chi connectivity index (χ1n) is 8.79. The van der Waals surface area contributed by atoms with Crippen molar-refractivity contribution in [3.63, 3.8) is 0 Å². The van der Waals surface area contributed by atoms with Crippen molar-refractivity contribution >= 4 is 11.7 Å². The minimum atomic E-state index is -0.294. The lowest BCUT2D eigenvalue weighted by molar-refractivity contribution is 0.145. The van der Waals surface area contributed by atoms with Crippen LogP contribution in [0.15, 0.2) is 30.4 Å². The molecule has 1 aliphatic heterocycles. The van der Waals surface area contributed by atoms with Crippen LogP contribution in [0.3, 0.4) is 0 Å². The number of aliphatic hydroxyl groups is 1. The van der Waals surface area contributed by atoms with Gasteiger partial charge in [-0.25, -0.2) is 9.18 Å². The van der Waals surface area contributed by atoms with E-state index in [-0.39, 0.29) is 24.5 Å². The molecule has 6 heteroatoms. The second kappa shape index (κ2) is 8.85. The molecule has 1 saturated heterocycles. The van der Waals surface area contributed by atoms with Gasteiger partial charge in [0.1, 0.15) is 5.82 Å². The smallest absolute Gasteiger partial charge is 0.317 e. The maximum Gasteiger partial charge on any atom is 0.317 e. The van der Waals surface area contributed by atoms with Crippen LogP contribution in [0.25, 0.3) is 0 Å². The van der Waals surface area contributed by atoms with Crippen LogP contribution in [0.5, 0.6) is 0 Å². The molecule has 0 unspecified atom stereocenters. The predicted octanol–water partition coefficient (Wildman–Crippen LogP) is 2.89. The molecule has 2 amide bonds. The SMILES string of the molecule is C=C(C)CN(CC)C(=O)NCc1ccc(N2CCC(O)CC2)c(F)c1. The molecular formula is C19H28FN3O2. The van der Waals surface area contributed by atoms with E-state index in [0.717, 1.165) is 11.1 Å². The van der Waals surface area contributed by atoms with Gasteiger partial charge in [-0.05, 0) is 44.4 Å². The molecule has 5 nitrogen and oxygen atoms in total. The summed E-state index contributed by atoms with van der Waals surface area (Å²) in [6.07, 6.45) is 1.04. The third kappa shape index (κ3) is 5.46. The first-order chi connectivity index (χ1) is 11.9. The second-order valence-electron chi connectivity index (χ2n) is 6.63. The Hall–Kier alpha value is -2.08. The summed E-state index contributed by atoms with van der Waals surface area (Å²) < 4.78 is 14.4. The molecule has 25 heavy (non-hydrogen) atoms. The van der Waals surface area contributed by atoms with Gasteiger partial charge in [-0.15, -0.1) is 0 Å². The number of amides is 2. The third-order valence-electron chi connectivity index (χ3n) is 4.39. The average Bonchev–Trinajstić information content (AvgIpc) is 2.58. The van der Waals surface area contributed by atoms with Gasteiger partial charge >= 0.3 is 6.03 Å². The molecule has 1 aromatic rings. The molecular weight excluding hydrogens is 321 g/mol. The number of benzene rings is 1. The molecule has 0 bridgehead atoms. The monoisotopic (exact) mass is 349 g/mol. The van der Waals surface area contributed by atoms with Crippen molar-refractivity contribution < 1.29 is 14.3 Å². The Morgan fingerprint density at radius 1 is 1.44 bits per heavy atom. The molecule has 2 N–H and O–H groups in total. The second-order valence-corrected chi connectivity index (χ2v) is 6.63. The highest BCUT2D eigenvalue weighted by molar-refractivity contribution is 5.74. The highest BCUT2D eigenvalue weighted by Crippen LogP contribution is 2.24. The summed E-state index contributed by atoms with van der Waals surface area (Å²) in [7, 11) is 0. The van der Waals surface area contributed by atoms with Gasteiger partial charge < -0.3 is 20.2 Å². The van der Waals surface area contributed by atoms with Crippen molar-refractivity contribution in [3.05, 3.63) is 41.7 Å². The maximum absolute atomic E-state index is 14.4. The van der Waals surface area contributed by atoms with Crippen LogP contribution in [-0.4, -0.2) is 48.3 Å². The summed E-state index contributed by atoms with van der Waals surface area (Å²) in [6, 6.07) is 4.87. The number of urea groups is 1. The lowest BCUT2D eigenvalue weighted by atomic mass is 10.1. The number of likely N-dealkylation sites (N-methyl/N-ethyl adjacent to an activating group) is 1. The fourth-order valence-electron chi connectivity index (χ4n) is 2.97. The quantitative estimate of drug-likeness (QED) is 0.777. The van der Waals surface area contributed by atoms with E-state index < -0.39 is 0 Å². The molecule has 0 atom stereocenters. The van der Waals surface area contributed by atoms with E-state index in [1.54, 1.807) is 11.0 Å². The molecule has 1 heterocycles. The number of carbonyl (C=O) groups is 1. The Bertz CT molecular complexity index is 613. The van der Waals surface area contributed by atoms with E-state index in [4.69, 9.17) is 0 Å². The first-order valence-corrected chi connectivity index (χ1v) is 8.79. The first kappa shape index (κ1) is 19.2. The topological polar surface area (TPSA) is 55.8 Å². The zero-order chi connectivity index (χ0) is 18.4. The number of anilines is 1. The van der Waals surface area contributed by atoms with E-state index in [1.165, 1.54) is 6.07 Å². The van der Waals surface area contributed by atoms with Gasteiger partial charge in [-0.2, -0.15) is 0 Å². The summed E-state index contributed by atoms with van der Waals surface area (Å²) in [6.45, 7) is 10.3. The molecule has 2 rings (SSSR count). The zero-order valence-electron chi connectivity index (χ0n) is 15.1. The molecule has 1 aliphatic rings. The van der Waals surface area contributed by atoms with Gasteiger partial charge in [-0.3, -0.25) is 0 Å². The minimum absolute atomic E-state index is 0.181. The number of carbonyl (C=O) groups excluding carboxylic acids is 1. The van der Waals surface area contributed by atoms with Crippen LogP contribution in [0, 0.1) is 5.82 Å². The van der Waals surface area contributed by atoms with Gasteiger partial charge in [-0.1, -0.05) is 18.2 Å². The Kier molecular flexibility index (Phi) is 6.82. The maximum atomic E-state index is 14.4. The number of nitrogens with zero attached hydrogens (tertiary/aromatic N) is 2. The number of hydrogen-bond donors (Lipinski definition) is 2. The summed E-state index contributed by atoms with van der Waals surface area (Å²) in [5, 5.41) is 12.4. The van der Waals surface area contributed by atoms with E-state index in [9.17, 15) is 14.3 Å². The largest absolute Gasteiger partial charge is 0.393 e. The van der Waals surface area contributed by atoms with Gasteiger partial charge in [0.25, 0.3) is 0 Å². The lowest BCUT2D eigenvalue weighted by Gasteiger charge is -2.31.